The van der Waals surface area contributed by atoms with Gasteiger partial charge in [-0.25, -0.2) is 0 Å². The Morgan fingerprint density at radius 1 is 1.16 bits per heavy atom. The van der Waals surface area contributed by atoms with Gasteiger partial charge in [0.1, 0.15) is 5.22 Å². The molecule has 1 fully saturated rings. The summed E-state index contributed by atoms with van der Waals surface area (Å²) in [5, 5.41) is -0.438. The molecular weight excluding hydrogens is 258 g/mol. The smallest absolute Gasteiger partial charge is 0.372 e. The molecule has 1 heterocycles. The molecule has 1 aliphatic heterocycles. The monoisotopic (exact) mass is 289 g/mol. The summed E-state index contributed by atoms with van der Waals surface area (Å²) in [4.78, 5) is 0. The molecule has 0 aromatic carbocycles. The summed E-state index contributed by atoms with van der Waals surface area (Å²) in [6.45, 7) is 4.95. The summed E-state index contributed by atoms with van der Waals surface area (Å²) in [5.41, 5.74) is 6.29. The van der Waals surface area contributed by atoms with Gasteiger partial charge in [-0.3, -0.25) is 0 Å². The van der Waals surface area contributed by atoms with Crippen molar-refractivity contribution in [3.8, 4) is 0 Å². The maximum Gasteiger partial charge on any atom is 0.372 e. The van der Waals surface area contributed by atoms with Crippen molar-refractivity contribution < 1.29 is 13.6 Å². The van der Waals surface area contributed by atoms with Gasteiger partial charge in [-0.2, -0.15) is 0 Å². The molecule has 5 heteroatoms. The number of nitrogens with two attached hydrogens (primary N) is 1. The molecule has 0 aromatic rings. The van der Waals surface area contributed by atoms with Crippen LogP contribution in [0.25, 0.3) is 0 Å². The van der Waals surface area contributed by atoms with Gasteiger partial charge >= 0.3 is 8.56 Å². The summed E-state index contributed by atoms with van der Waals surface area (Å²) >= 11 is 0. The highest BCUT2D eigenvalue weighted by Gasteiger charge is 2.68. The van der Waals surface area contributed by atoms with Crippen LogP contribution in [0, 0.1) is 5.41 Å². The van der Waals surface area contributed by atoms with Gasteiger partial charge in [0.15, 0.2) is 0 Å². The minimum Gasteiger partial charge on any atom is -0.396 e. The van der Waals surface area contributed by atoms with Crippen LogP contribution >= 0.6 is 0 Å². The Hall–Kier alpha value is 0.0569. The molecule has 1 rings (SSSR count). The lowest BCUT2D eigenvalue weighted by Crippen LogP contribution is -2.75. The van der Waals surface area contributed by atoms with Crippen molar-refractivity contribution in [1.29, 1.82) is 0 Å². The van der Waals surface area contributed by atoms with E-state index in [4.69, 9.17) is 19.3 Å². The van der Waals surface area contributed by atoms with Gasteiger partial charge in [0.05, 0.1) is 0 Å². The van der Waals surface area contributed by atoms with Crippen molar-refractivity contribution in [3.63, 3.8) is 0 Å². The van der Waals surface area contributed by atoms with Crippen LogP contribution in [0.4, 0.5) is 0 Å². The van der Waals surface area contributed by atoms with Crippen molar-refractivity contribution in [1.82, 2.24) is 0 Å². The van der Waals surface area contributed by atoms with Crippen LogP contribution in [0.3, 0.4) is 0 Å². The van der Waals surface area contributed by atoms with E-state index in [-0.39, 0.29) is 5.41 Å². The third-order valence-electron chi connectivity index (χ3n) is 5.33. The minimum absolute atomic E-state index is 0.0851. The van der Waals surface area contributed by atoms with Crippen LogP contribution in [0.15, 0.2) is 0 Å². The quantitative estimate of drug-likeness (QED) is 0.732. The van der Waals surface area contributed by atoms with Crippen molar-refractivity contribution >= 4 is 8.56 Å². The van der Waals surface area contributed by atoms with E-state index in [9.17, 15) is 0 Å². The topological polar surface area (TPSA) is 53.7 Å². The van der Waals surface area contributed by atoms with E-state index in [1.807, 2.05) is 0 Å². The number of methoxy groups -OCH3 is 1. The van der Waals surface area contributed by atoms with E-state index in [2.05, 4.69) is 13.8 Å². The molecule has 2 unspecified atom stereocenters. The third-order valence-corrected chi connectivity index (χ3v) is 9.83. The molecule has 4 nitrogen and oxygen atoms in total. The normalized spacial score (nSPS) is 34.4. The first kappa shape index (κ1) is 17.1. The molecule has 2 N–H and O–H groups in total. The molecular formula is C14H31NO3Si. The van der Waals surface area contributed by atoms with Gasteiger partial charge in [0.25, 0.3) is 0 Å². The molecule has 0 radical (unpaired) electrons. The van der Waals surface area contributed by atoms with Gasteiger partial charge in [-0.1, -0.05) is 26.7 Å². The predicted octanol–water partition coefficient (Wildman–Crippen LogP) is 2.59. The highest BCUT2D eigenvalue weighted by Crippen LogP contribution is 2.55. The molecule has 0 amide bonds. The van der Waals surface area contributed by atoms with Gasteiger partial charge in [0.2, 0.25) is 0 Å². The lowest BCUT2D eigenvalue weighted by Gasteiger charge is -2.58. The van der Waals surface area contributed by atoms with E-state index in [1.54, 1.807) is 21.3 Å². The molecule has 0 spiro atoms. The Kier molecular flexibility index (Phi) is 6.01. The summed E-state index contributed by atoms with van der Waals surface area (Å²) in [6.07, 6.45) is 5.62. The highest BCUT2D eigenvalue weighted by molar-refractivity contribution is 6.71. The Labute approximate surface area is 119 Å². The Balaban J connectivity index is 3.37. The average molecular weight is 289 g/mol. The fourth-order valence-electron chi connectivity index (χ4n) is 4.36. The third kappa shape index (κ3) is 2.29. The van der Waals surface area contributed by atoms with Gasteiger partial charge in [-0.05, 0) is 25.3 Å². The van der Waals surface area contributed by atoms with Gasteiger partial charge < -0.3 is 19.3 Å². The van der Waals surface area contributed by atoms with Crippen LogP contribution in [0.5, 0.6) is 0 Å². The molecule has 0 aromatic heterocycles. The Morgan fingerprint density at radius 2 is 1.79 bits per heavy atom. The van der Waals surface area contributed by atoms with Crippen molar-refractivity contribution in [2.45, 2.75) is 57.2 Å². The zero-order valence-corrected chi connectivity index (χ0v) is 14.3. The Bertz CT molecular complexity index is 276. The molecule has 0 bridgehead atoms. The first-order chi connectivity index (χ1) is 9.07. The molecule has 1 saturated heterocycles. The zero-order chi connectivity index (χ0) is 14.6. The molecule has 0 aliphatic carbocycles. The SMILES string of the molecule is CCCC1(CC)CCC[Si](OC)(OC)C1(CN)OC. The molecule has 1 aliphatic rings. The zero-order valence-electron chi connectivity index (χ0n) is 13.3. The van der Waals surface area contributed by atoms with Crippen LogP contribution in [0.1, 0.15) is 46.0 Å². The summed E-state index contributed by atoms with van der Waals surface area (Å²) in [7, 11) is 2.85. The van der Waals surface area contributed by atoms with Crippen LogP contribution in [-0.2, 0) is 13.6 Å². The number of hydrogen-bond donors (Lipinski definition) is 1. The van der Waals surface area contributed by atoms with Crippen LogP contribution in [-0.4, -0.2) is 41.7 Å². The van der Waals surface area contributed by atoms with E-state index >= 15 is 0 Å². The Morgan fingerprint density at radius 3 is 2.16 bits per heavy atom. The van der Waals surface area contributed by atoms with Crippen molar-refractivity contribution in [2.24, 2.45) is 11.1 Å². The van der Waals surface area contributed by atoms with Gasteiger partial charge in [0, 0.05) is 33.3 Å². The largest absolute Gasteiger partial charge is 0.396 e. The van der Waals surface area contributed by atoms with E-state index in [0.717, 1.165) is 38.1 Å². The maximum absolute atomic E-state index is 6.21. The first-order valence-electron chi connectivity index (χ1n) is 7.43. The number of hydrogen-bond acceptors (Lipinski definition) is 4. The number of ether oxygens (including phenoxy) is 1. The average Bonchev–Trinajstić information content (AvgIpc) is 2.46. The fourth-order valence-corrected chi connectivity index (χ4v) is 8.49. The van der Waals surface area contributed by atoms with Crippen molar-refractivity contribution in [2.75, 3.05) is 27.9 Å². The lowest BCUT2D eigenvalue weighted by atomic mass is 9.71. The second-order valence-electron chi connectivity index (χ2n) is 5.63. The van der Waals surface area contributed by atoms with E-state index < -0.39 is 13.8 Å². The minimum atomic E-state index is -2.45. The summed E-state index contributed by atoms with van der Waals surface area (Å²) in [6, 6.07) is 0.969. The maximum atomic E-state index is 6.21. The molecule has 114 valence electrons. The van der Waals surface area contributed by atoms with Crippen molar-refractivity contribution in [3.05, 3.63) is 0 Å². The van der Waals surface area contributed by atoms with Crippen LogP contribution in [0.2, 0.25) is 6.04 Å². The van der Waals surface area contributed by atoms with Crippen LogP contribution < -0.4 is 5.73 Å². The molecule has 0 saturated carbocycles. The second-order valence-corrected chi connectivity index (χ2v) is 9.26. The molecule has 2 atom stereocenters. The highest BCUT2D eigenvalue weighted by atomic mass is 28.4. The fraction of sp³-hybridized carbons (Fsp3) is 1.00. The summed E-state index contributed by atoms with van der Waals surface area (Å²) < 4.78 is 18.0. The van der Waals surface area contributed by atoms with E-state index in [0.29, 0.717) is 6.54 Å². The van der Waals surface area contributed by atoms with Gasteiger partial charge in [-0.15, -0.1) is 0 Å². The van der Waals surface area contributed by atoms with E-state index in [1.165, 1.54) is 0 Å². The lowest BCUT2D eigenvalue weighted by molar-refractivity contribution is -0.103. The first-order valence-corrected chi connectivity index (χ1v) is 9.45. The standard InChI is InChI=1S/C14H31NO3Si/c1-6-9-13(7-2)10-8-11-19(17-4,18-5)14(13,12-15)16-3/h6-12,15H2,1-5H3. The second kappa shape index (κ2) is 6.67. The predicted molar refractivity (Wildman–Crippen MR) is 80.2 cm³/mol. The summed E-state index contributed by atoms with van der Waals surface area (Å²) in [5.74, 6) is 0. The molecule has 19 heavy (non-hydrogen) atoms. The number of rotatable bonds is 7.